The Morgan fingerprint density at radius 3 is 1.21 bits per heavy atom. The minimum Gasteiger partial charge on any atom is -0.354 e. The molecular formula is C36H39N3O4. The fourth-order valence-electron chi connectivity index (χ4n) is 4.87. The van der Waals surface area contributed by atoms with E-state index in [1.807, 2.05) is 77.9 Å². The number of aromatic nitrogens is 2. The number of pyridine rings is 2. The van der Waals surface area contributed by atoms with E-state index in [4.69, 9.17) is 0 Å². The van der Waals surface area contributed by atoms with Gasteiger partial charge in [0.25, 0.3) is 11.8 Å². The molecule has 0 fully saturated rings. The quantitative estimate of drug-likeness (QED) is 0.152. The highest BCUT2D eigenvalue weighted by molar-refractivity contribution is 6.21. The first kappa shape index (κ1) is 32.5. The van der Waals surface area contributed by atoms with Gasteiger partial charge in [0.1, 0.15) is 0 Å². The number of H-pyrrole nitrogens is 2. The molecule has 0 aliphatic carbocycles. The second-order valence-electron chi connectivity index (χ2n) is 8.84. The number of imide groups is 1. The molecule has 6 aromatic rings. The number of amides is 2. The van der Waals surface area contributed by atoms with Crippen LogP contribution in [0.15, 0.2) is 94.5 Å². The van der Waals surface area contributed by atoms with Crippen LogP contribution in [0.1, 0.15) is 69.2 Å². The van der Waals surface area contributed by atoms with Crippen molar-refractivity contribution in [2.75, 3.05) is 6.54 Å². The van der Waals surface area contributed by atoms with Gasteiger partial charge in [0.15, 0.2) is 10.9 Å². The molecule has 7 heteroatoms. The van der Waals surface area contributed by atoms with Crippen LogP contribution in [-0.2, 0) is 0 Å². The average Bonchev–Trinajstić information content (AvgIpc) is 3.32. The maximum absolute atomic E-state index is 12.8. The number of carbonyl (C=O) groups is 2. The van der Waals surface area contributed by atoms with Gasteiger partial charge in [-0.05, 0) is 55.5 Å². The van der Waals surface area contributed by atoms with Gasteiger partial charge in [-0.1, -0.05) is 77.9 Å². The molecule has 1 aliphatic rings. The lowest BCUT2D eigenvalue weighted by Gasteiger charge is -2.08. The zero-order valence-electron chi connectivity index (χ0n) is 25.9. The predicted octanol–water partition coefficient (Wildman–Crippen LogP) is 8.06. The monoisotopic (exact) mass is 577 g/mol. The minimum atomic E-state index is -0.178. The zero-order chi connectivity index (χ0) is 31.7. The summed E-state index contributed by atoms with van der Waals surface area (Å²) < 4.78 is 0. The van der Waals surface area contributed by atoms with E-state index < -0.39 is 0 Å². The molecule has 43 heavy (non-hydrogen) atoms. The van der Waals surface area contributed by atoms with Gasteiger partial charge in [-0.15, -0.1) is 0 Å². The second-order valence-corrected chi connectivity index (χ2v) is 8.84. The smallest absolute Gasteiger partial charge is 0.261 e. The third-order valence-corrected chi connectivity index (χ3v) is 6.72. The molecule has 7 rings (SSSR count). The third kappa shape index (κ3) is 6.11. The molecule has 2 aromatic heterocycles. The molecule has 3 heterocycles. The van der Waals surface area contributed by atoms with E-state index in [1.54, 1.807) is 55.5 Å². The van der Waals surface area contributed by atoms with Gasteiger partial charge in [0.05, 0.1) is 22.2 Å². The number of para-hydroxylation sites is 2. The summed E-state index contributed by atoms with van der Waals surface area (Å²) in [6, 6.07) is 25.2. The molecule has 0 unspecified atom stereocenters. The molecule has 0 bridgehead atoms. The zero-order valence-corrected chi connectivity index (χ0v) is 25.9. The van der Waals surface area contributed by atoms with Gasteiger partial charge in [0.2, 0.25) is 0 Å². The molecule has 0 saturated heterocycles. The van der Waals surface area contributed by atoms with Crippen molar-refractivity contribution in [3.8, 4) is 0 Å². The van der Waals surface area contributed by atoms with Crippen LogP contribution in [0, 0.1) is 0 Å². The van der Waals surface area contributed by atoms with E-state index in [-0.39, 0.29) is 22.7 Å². The summed E-state index contributed by atoms with van der Waals surface area (Å²) in [5, 5.41) is 2.44. The van der Waals surface area contributed by atoms with Gasteiger partial charge in [-0.2, -0.15) is 0 Å². The largest absolute Gasteiger partial charge is 0.354 e. The van der Waals surface area contributed by atoms with E-state index in [0.717, 1.165) is 11.0 Å². The summed E-state index contributed by atoms with van der Waals surface area (Å²) in [6.07, 6.45) is 0. The predicted molar refractivity (Wildman–Crippen MR) is 179 cm³/mol. The highest BCUT2D eigenvalue weighted by Crippen LogP contribution is 2.22. The Morgan fingerprint density at radius 1 is 0.488 bits per heavy atom. The van der Waals surface area contributed by atoms with Crippen molar-refractivity contribution < 1.29 is 9.59 Å². The van der Waals surface area contributed by atoms with Crippen molar-refractivity contribution in [3.63, 3.8) is 0 Å². The Hall–Kier alpha value is -5.04. The number of hydrogen-bond donors (Lipinski definition) is 2. The fraction of sp³-hybridized carbons (Fsp3) is 0.222. The van der Waals surface area contributed by atoms with Crippen LogP contribution >= 0.6 is 0 Å². The Morgan fingerprint density at radius 2 is 0.837 bits per heavy atom. The van der Waals surface area contributed by atoms with Crippen molar-refractivity contribution in [2.24, 2.45) is 0 Å². The highest BCUT2D eigenvalue weighted by atomic mass is 16.2. The Kier molecular flexibility index (Phi) is 11.1. The van der Waals surface area contributed by atoms with Crippen LogP contribution in [0.3, 0.4) is 0 Å². The SMILES string of the molecule is CC.CC.CC.CCN1C(=O)c2ccccc2C1=O.O=c1c2ccccc2[nH]c2cc3c(=O)c4ccccc4[nH]c3cc12. The summed E-state index contributed by atoms with van der Waals surface area (Å²) in [5.74, 6) is -0.355. The number of nitrogens with one attached hydrogen (secondary N) is 2. The first-order chi connectivity index (χ1) is 21.0. The third-order valence-electron chi connectivity index (χ3n) is 6.72. The highest BCUT2D eigenvalue weighted by Gasteiger charge is 2.33. The standard InChI is InChI=1S/C20H12N2O2.C10H9NO2.3C2H6/c23-19-11-5-1-3-7-15(11)21-17-10-14-18(9-13(17)19)22-16-8-4-2-6-12(16)20(14)24;1-2-11-9(12)7-5-3-4-6-8(7)10(11)13;3*1-2/h1-10H,(H,21,23)(H,22,24);3-6H,2H2,1H3;3*1-2H3. The first-order valence-corrected chi connectivity index (χ1v) is 14.9. The molecule has 2 amide bonds. The molecule has 7 nitrogen and oxygen atoms in total. The maximum Gasteiger partial charge on any atom is 0.261 e. The number of carbonyl (C=O) groups excluding carboxylic acids is 2. The van der Waals surface area contributed by atoms with E-state index in [9.17, 15) is 19.2 Å². The van der Waals surface area contributed by atoms with Crippen LogP contribution in [0.2, 0.25) is 0 Å². The lowest BCUT2D eigenvalue weighted by atomic mass is 10.1. The van der Waals surface area contributed by atoms with Gasteiger partial charge < -0.3 is 9.97 Å². The molecule has 0 spiro atoms. The van der Waals surface area contributed by atoms with Crippen molar-refractivity contribution in [3.05, 3.63) is 117 Å². The lowest BCUT2D eigenvalue weighted by molar-refractivity contribution is 0.0663. The molecule has 0 atom stereocenters. The Bertz CT molecular complexity index is 1880. The number of aromatic amines is 2. The number of benzene rings is 4. The molecule has 2 N–H and O–H groups in total. The number of fused-ring (bicyclic) bond motifs is 5. The Labute approximate surface area is 251 Å². The molecule has 222 valence electrons. The summed E-state index contributed by atoms with van der Waals surface area (Å²) in [7, 11) is 0. The Balaban J connectivity index is 0.000000227. The minimum absolute atomic E-state index is 0.0322. The summed E-state index contributed by atoms with van der Waals surface area (Å²) in [5.41, 5.74) is 3.87. The van der Waals surface area contributed by atoms with Crippen molar-refractivity contribution in [1.29, 1.82) is 0 Å². The molecular weight excluding hydrogens is 538 g/mol. The van der Waals surface area contributed by atoms with Crippen molar-refractivity contribution in [1.82, 2.24) is 14.9 Å². The van der Waals surface area contributed by atoms with E-state index >= 15 is 0 Å². The van der Waals surface area contributed by atoms with Crippen LogP contribution in [0.5, 0.6) is 0 Å². The van der Waals surface area contributed by atoms with Gasteiger partial charge >= 0.3 is 0 Å². The summed E-state index contributed by atoms with van der Waals surface area (Å²) in [4.78, 5) is 56.4. The van der Waals surface area contributed by atoms with Gasteiger partial charge in [0, 0.05) is 39.1 Å². The molecule has 0 radical (unpaired) electrons. The van der Waals surface area contributed by atoms with Crippen LogP contribution < -0.4 is 10.9 Å². The first-order valence-electron chi connectivity index (χ1n) is 14.9. The average molecular weight is 578 g/mol. The normalized spacial score (nSPS) is 11.5. The van der Waals surface area contributed by atoms with E-state index in [1.165, 1.54) is 4.90 Å². The number of nitrogens with zero attached hydrogens (tertiary/aromatic N) is 1. The van der Waals surface area contributed by atoms with Crippen LogP contribution in [0.25, 0.3) is 43.6 Å². The van der Waals surface area contributed by atoms with Gasteiger partial charge in [-0.25, -0.2) is 0 Å². The van der Waals surface area contributed by atoms with Crippen LogP contribution in [-0.4, -0.2) is 33.2 Å². The number of hydrogen-bond acceptors (Lipinski definition) is 4. The van der Waals surface area contributed by atoms with Crippen molar-refractivity contribution >= 4 is 55.4 Å². The number of rotatable bonds is 1. The van der Waals surface area contributed by atoms with Gasteiger partial charge in [-0.3, -0.25) is 24.1 Å². The molecule has 4 aromatic carbocycles. The fourth-order valence-corrected chi connectivity index (χ4v) is 4.87. The van der Waals surface area contributed by atoms with E-state index in [0.29, 0.717) is 50.2 Å². The topological polar surface area (TPSA) is 103 Å². The van der Waals surface area contributed by atoms with Crippen LogP contribution in [0.4, 0.5) is 0 Å². The summed E-state index contributed by atoms with van der Waals surface area (Å²) >= 11 is 0. The van der Waals surface area contributed by atoms with Crippen molar-refractivity contribution in [2.45, 2.75) is 48.5 Å². The molecule has 1 aliphatic heterocycles. The van der Waals surface area contributed by atoms with E-state index in [2.05, 4.69) is 9.97 Å². The molecule has 0 saturated carbocycles. The lowest BCUT2D eigenvalue weighted by Crippen LogP contribution is -2.29. The second kappa shape index (κ2) is 14.7. The maximum atomic E-state index is 12.8. The summed E-state index contributed by atoms with van der Waals surface area (Å²) in [6.45, 7) is 14.2.